The van der Waals surface area contributed by atoms with E-state index in [0.29, 0.717) is 0 Å². The first kappa shape index (κ1) is 14.8. The number of hydrogen-bond acceptors (Lipinski definition) is 2. The first-order valence-electron chi connectivity index (χ1n) is 6.00. The van der Waals surface area contributed by atoms with Crippen molar-refractivity contribution in [3.05, 3.63) is 29.8 Å². The number of hydrogen-bond donors (Lipinski definition) is 1. The zero-order valence-corrected chi connectivity index (χ0v) is 10.7. The van der Waals surface area contributed by atoms with E-state index >= 15 is 0 Å². The molecule has 1 N–H and O–H groups in total. The molecule has 0 fully saturated rings. The molecule has 0 saturated heterocycles. The molecule has 0 atom stereocenters. The number of halogens is 3. The molecule has 0 bridgehead atoms. The third-order valence-electron chi connectivity index (χ3n) is 2.69. The molecule has 0 heterocycles. The highest BCUT2D eigenvalue weighted by molar-refractivity contribution is 5.46. The Labute approximate surface area is 106 Å². The topological polar surface area (TPSA) is 15.3 Å². The third kappa shape index (κ3) is 5.40. The second-order valence-electron chi connectivity index (χ2n) is 4.23. The monoisotopic (exact) mass is 260 g/mol. The average molecular weight is 260 g/mol. The standard InChI is InChI=1S/C13H19F3N2/c1-3-17-10-11-4-6-12(7-5-11)18(2)9-8-13(14,15)16/h4-7,17H,3,8-10H2,1-2H3. The van der Waals surface area contributed by atoms with Gasteiger partial charge >= 0.3 is 6.18 Å². The van der Waals surface area contributed by atoms with Gasteiger partial charge in [-0.25, -0.2) is 0 Å². The lowest BCUT2D eigenvalue weighted by atomic mass is 10.2. The van der Waals surface area contributed by atoms with E-state index in [2.05, 4.69) is 5.32 Å². The highest BCUT2D eigenvalue weighted by Crippen LogP contribution is 2.21. The highest BCUT2D eigenvalue weighted by Gasteiger charge is 2.27. The number of rotatable bonds is 6. The van der Waals surface area contributed by atoms with E-state index in [9.17, 15) is 13.2 Å². The van der Waals surface area contributed by atoms with Crippen LogP contribution in [0.1, 0.15) is 18.9 Å². The Bertz CT molecular complexity index is 346. The van der Waals surface area contributed by atoms with Crippen LogP contribution in [0.3, 0.4) is 0 Å². The molecule has 102 valence electrons. The minimum absolute atomic E-state index is 0.0178. The van der Waals surface area contributed by atoms with Crippen LogP contribution in [-0.2, 0) is 6.54 Å². The van der Waals surface area contributed by atoms with Crippen LogP contribution in [-0.4, -0.2) is 26.3 Å². The van der Waals surface area contributed by atoms with Gasteiger partial charge in [0.15, 0.2) is 0 Å². The van der Waals surface area contributed by atoms with Crippen LogP contribution in [0.25, 0.3) is 0 Å². The largest absolute Gasteiger partial charge is 0.390 e. The Morgan fingerprint density at radius 2 is 1.78 bits per heavy atom. The van der Waals surface area contributed by atoms with E-state index in [4.69, 9.17) is 0 Å². The first-order chi connectivity index (χ1) is 8.42. The molecule has 0 aliphatic carbocycles. The Balaban J connectivity index is 2.51. The van der Waals surface area contributed by atoms with Gasteiger partial charge in [-0.3, -0.25) is 0 Å². The fraction of sp³-hybridized carbons (Fsp3) is 0.538. The van der Waals surface area contributed by atoms with E-state index in [1.165, 1.54) is 0 Å². The SMILES string of the molecule is CCNCc1ccc(N(C)CCC(F)(F)F)cc1. The summed E-state index contributed by atoms with van der Waals surface area (Å²) >= 11 is 0. The molecule has 0 saturated carbocycles. The number of anilines is 1. The molecule has 18 heavy (non-hydrogen) atoms. The maximum Gasteiger partial charge on any atom is 0.390 e. The Morgan fingerprint density at radius 3 is 2.28 bits per heavy atom. The highest BCUT2D eigenvalue weighted by atomic mass is 19.4. The number of benzene rings is 1. The van der Waals surface area contributed by atoms with Crippen LogP contribution in [0, 0.1) is 0 Å². The third-order valence-corrected chi connectivity index (χ3v) is 2.69. The number of nitrogens with zero attached hydrogens (tertiary/aromatic N) is 1. The van der Waals surface area contributed by atoms with E-state index in [0.717, 1.165) is 24.3 Å². The molecule has 0 amide bonds. The van der Waals surface area contributed by atoms with Crippen molar-refractivity contribution in [1.82, 2.24) is 5.32 Å². The summed E-state index contributed by atoms with van der Waals surface area (Å²) in [5.41, 5.74) is 1.93. The summed E-state index contributed by atoms with van der Waals surface area (Å²) < 4.78 is 36.3. The molecule has 0 unspecified atom stereocenters. The molecular formula is C13H19F3N2. The summed E-state index contributed by atoms with van der Waals surface area (Å²) in [5.74, 6) is 0. The van der Waals surface area contributed by atoms with Crippen LogP contribution in [0.15, 0.2) is 24.3 Å². The predicted molar refractivity (Wildman–Crippen MR) is 67.8 cm³/mol. The van der Waals surface area contributed by atoms with Gasteiger partial charge in [0.2, 0.25) is 0 Å². The molecule has 1 aromatic rings. The fourth-order valence-corrected chi connectivity index (χ4v) is 1.56. The van der Waals surface area contributed by atoms with Crippen molar-refractivity contribution in [1.29, 1.82) is 0 Å². The van der Waals surface area contributed by atoms with Crippen molar-refractivity contribution in [3.63, 3.8) is 0 Å². The van der Waals surface area contributed by atoms with Gasteiger partial charge in [-0.05, 0) is 24.2 Å². The molecule has 0 aromatic heterocycles. The Kier molecular flexibility index (Phi) is 5.47. The van der Waals surface area contributed by atoms with Crippen LogP contribution in [0.4, 0.5) is 18.9 Å². The first-order valence-corrected chi connectivity index (χ1v) is 6.00. The van der Waals surface area contributed by atoms with E-state index < -0.39 is 12.6 Å². The molecule has 0 aliphatic heterocycles. The van der Waals surface area contributed by atoms with Crippen LogP contribution >= 0.6 is 0 Å². The average Bonchev–Trinajstić information content (AvgIpc) is 2.33. The van der Waals surface area contributed by atoms with Gasteiger partial charge in [-0.15, -0.1) is 0 Å². The molecule has 0 spiro atoms. The molecule has 1 aromatic carbocycles. The summed E-state index contributed by atoms with van der Waals surface area (Å²) in [5, 5.41) is 3.20. The molecular weight excluding hydrogens is 241 g/mol. The minimum atomic E-state index is -4.10. The smallest absolute Gasteiger partial charge is 0.374 e. The van der Waals surface area contributed by atoms with Gasteiger partial charge in [0.25, 0.3) is 0 Å². The minimum Gasteiger partial charge on any atom is -0.374 e. The van der Waals surface area contributed by atoms with Crippen LogP contribution in [0.2, 0.25) is 0 Å². The van der Waals surface area contributed by atoms with E-state index in [1.807, 2.05) is 31.2 Å². The van der Waals surface area contributed by atoms with Gasteiger partial charge in [0.05, 0.1) is 6.42 Å². The number of alkyl halides is 3. The van der Waals surface area contributed by atoms with Crippen molar-refractivity contribution in [3.8, 4) is 0 Å². The van der Waals surface area contributed by atoms with Gasteiger partial charge < -0.3 is 10.2 Å². The second-order valence-corrected chi connectivity index (χ2v) is 4.23. The maximum absolute atomic E-state index is 12.1. The van der Waals surface area contributed by atoms with Gasteiger partial charge in [-0.1, -0.05) is 19.1 Å². The molecule has 1 rings (SSSR count). The van der Waals surface area contributed by atoms with Crippen molar-refractivity contribution in [2.75, 3.05) is 25.0 Å². The van der Waals surface area contributed by atoms with Crippen molar-refractivity contribution >= 4 is 5.69 Å². The molecule has 0 aliphatic rings. The second kappa shape index (κ2) is 6.64. The van der Waals surface area contributed by atoms with Crippen LogP contribution < -0.4 is 10.2 Å². The normalized spacial score (nSPS) is 11.6. The van der Waals surface area contributed by atoms with Crippen molar-refractivity contribution < 1.29 is 13.2 Å². The number of nitrogens with one attached hydrogen (secondary N) is 1. The zero-order valence-electron chi connectivity index (χ0n) is 10.7. The summed E-state index contributed by atoms with van der Waals surface area (Å²) in [7, 11) is 1.67. The lowest BCUT2D eigenvalue weighted by molar-refractivity contribution is -0.132. The summed E-state index contributed by atoms with van der Waals surface area (Å²) in [6.45, 7) is 3.69. The molecule has 0 radical (unpaired) electrons. The quantitative estimate of drug-likeness (QED) is 0.845. The maximum atomic E-state index is 12.1. The lowest BCUT2D eigenvalue weighted by Crippen LogP contribution is -2.24. The summed E-state index contributed by atoms with van der Waals surface area (Å²) in [4.78, 5) is 1.62. The zero-order chi connectivity index (χ0) is 13.6. The Morgan fingerprint density at radius 1 is 1.17 bits per heavy atom. The van der Waals surface area contributed by atoms with Crippen molar-refractivity contribution in [2.45, 2.75) is 26.1 Å². The van der Waals surface area contributed by atoms with Crippen molar-refractivity contribution in [2.24, 2.45) is 0 Å². The molecule has 5 heteroatoms. The van der Waals surface area contributed by atoms with E-state index in [1.54, 1.807) is 11.9 Å². The van der Waals surface area contributed by atoms with Gasteiger partial charge in [0, 0.05) is 25.8 Å². The predicted octanol–water partition coefficient (Wildman–Crippen LogP) is 3.18. The summed E-state index contributed by atoms with van der Waals surface area (Å²) in [6.07, 6.45) is -4.89. The Hall–Kier alpha value is -1.23. The van der Waals surface area contributed by atoms with Crippen LogP contribution in [0.5, 0.6) is 0 Å². The van der Waals surface area contributed by atoms with E-state index in [-0.39, 0.29) is 6.54 Å². The van der Waals surface area contributed by atoms with Gasteiger partial charge in [-0.2, -0.15) is 13.2 Å². The fourth-order valence-electron chi connectivity index (χ4n) is 1.56. The molecule has 2 nitrogen and oxygen atoms in total. The lowest BCUT2D eigenvalue weighted by Gasteiger charge is -2.20. The summed E-state index contributed by atoms with van der Waals surface area (Å²) in [6, 6.07) is 7.57. The van der Waals surface area contributed by atoms with Gasteiger partial charge in [0.1, 0.15) is 0 Å².